The van der Waals surface area contributed by atoms with Crippen LogP contribution >= 0.6 is 0 Å². The van der Waals surface area contributed by atoms with E-state index >= 15 is 0 Å². The topological polar surface area (TPSA) is 16.4 Å². The normalized spacial score (nSPS) is 11.6. The third-order valence-electron chi connectivity index (χ3n) is 11.2. The molecule has 0 spiro atoms. The Morgan fingerprint density at radius 1 is 0.321 bits per heavy atom. The van der Waals surface area contributed by atoms with Crippen molar-refractivity contribution in [3.63, 3.8) is 0 Å². The van der Waals surface area contributed by atoms with Gasteiger partial charge in [-0.3, -0.25) is 0 Å². The third-order valence-corrected chi connectivity index (χ3v) is 11.2. The minimum atomic E-state index is 0.862. The lowest BCUT2D eigenvalue weighted by Crippen LogP contribution is -2.10. The molecule has 10 aromatic carbocycles. The van der Waals surface area contributed by atoms with Crippen LogP contribution < -0.4 is 4.90 Å². The van der Waals surface area contributed by atoms with Crippen molar-refractivity contribution in [3.8, 4) is 33.4 Å². The first-order valence-electron chi connectivity index (χ1n) is 19.2. The van der Waals surface area contributed by atoms with Gasteiger partial charge in [0, 0.05) is 22.1 Å². The van der Waals surface area contributed by atoms with Crippen molar-refractivity contribution >= 4 is 71.3 Å². The second-order valence-corrected chi connectivity index (χ2v) is 14.4. The summed E-state index contributed by atoms with van der Waals surface area (Å²) in [5, 5.41) is 9.44. The minimum Gasteiger partial charge on any atom is -0.455 e. The van der Waals surface area contributed by atoms with Gasteiger partial charge in [-0.25, -0.2) is 0 Å². The molecule has 0 aliphatic carbocycles. The number of nitrogens with zero attached hydrogens (tertiary/aromatic N) is 1. The van der Waals surface area contributed by atoms with Crippen molar-refractivity contribution in [2.24, 2.45) is 0 Å². The van der Waals surface area contributed by atoms with Gasteiger partial charge in [-0.2, -0.15) is 0 Å². The number of furan rings is 1. The lowest BCUT2D eigenvalue weighted by Gasteiger charge is -2.27. The zero-order valence-corrected chi connectivity index (χ0v) is 30.6. The number of anilines is 3. The molecule has 0 aliphatic rings. The van der Waals surface area contributed by atoms with Gasteiger partial charge in [0.15, 0.2) is 0 Å². The molecule has 0 atom stereocenters. The van der Waals surface area contributed by atoms with E-state index in [4.69, 9.17) is 4.42 Å². The van der Waals surface area contributed by atoms with Crippen LogP contribution in [0.25, 0.3) is 87.6 Å². The Kier molecular flexibility index (Phi) is 7.53. The van der Waals surface area contributed by atoms with Gasteiger partial charge in [0.25, 0.3) is 0 Å². The number of rotatable bonds is 6. The Hall–Kier alpha value is -7.42. The standard InChI is InChI=1S/C54H35NO/c1-3-16-36(17-4-1)39-21-13-23-41(34-39)55(49-30-15-31-50-53(49)48-33-32-37-18-7-8-25-43(37)54(48)56-50)42-24-14-22-40(35-42)52-47-29-12-10-27-45(47)44-26-9-11-28-46(44)51(52)38-19-5-2-6-20-38/h1-35H. The zero-order chi connectivity index (χ0) is 37.0. The van der Waals surface area contributed by atoms with E-state index in [-0.39, 0.29) is 0 Å². The largest absolute Gasteiger partial charge is 0.455 e. The van der Waals surface area contributed by atoms with Crippen molar-refractivity contribution in [1.29, 1.82) is 0 Å². The zero-order valence-electron chi connectivity index (χ0n) is 30.6. The molecule has 2 nitrogen and oxygen atoms in total. The molecular formula is C54H35NO. The van der Waals surface area contributed by atoms with E-state index in [1.807, 2.05) is 0 Å². The summed E-state index contributed by atoms with van der Waals surface area (Å²) in [7, 11) is 0. The second-order valence-electron chi connectivity index (χ2n) is 14.4. The summed E-state index contributed by atoms with van der Waals surface area (Å²) in [6, 6.07) is 76.5. The highest BCUT2D eigenvalue weighted by molar-refractivity contribution is 6.22. The fraction of sp³-hybridized carbons (Fsp3) is 0. The smallest absolute Gasteiger partial charge is 0.143 e. The number of fused-ring (bicyclic) bond motifs is 8. The Morgan fingerprint density at radius 2 is 0.839 bits per heavy atom. The summed E-state index contributed by atoms with van der Waals surface area (Å²) < 4.78 is 6.74. The van der Waals surface area contributed by atoms with E-state index in [0.717, 1.165) is 60.9 Å². The van der Waals surface area contributed by atoms with Crippen LogP contribution in [-0.4, -0.2) is 0 Å². The van der Waals surface area contributed by atoms with E-state index in [2.05, 4.69) is 217 Å². The third kappa shape index (κ3) is 5.19. The quantitative estimate of drug-likeness (QED) is 0.160. The Balaban J connectivity index is 1.21. The molecule has 0 fully saturated rings. The summed E-state index contributed by atoms with van der Waals surface area (Å²) in [4.78, 5) is 2.41. The van der Waals surface area contributed by atoms with Crippen LogP contribution in [-0.2, 0) is 0 Å². The molecule has 0 unspecified atom stereocenters. The SMILES string of the molecule is c1ccc(-c2cccc(N(c3cccc(-c4c(-c5ccccc5)c5ccccc5c5ccccc45)c3)c3cccc4oc5c6ccccc6ccc5c34)c2)cc1. The molecule has 2 heteroatoms. The predicted molar refractivity (Wildman–Crippen MR) is 237 cm³/mol. The molecule has 11 aromatic rings. The molecular weight excluding hydrogens is 679 g/mol. The molecule has 56 heavy (non-hydrogen) atoms. The molecule has 262 valence electrons. The van der Waals surface area contributed by atoms with Crippen LogP contribution in [0.4, 0.5) is 17.1 Å². The molecule has 1 aromatic heterocycles. The summed E-state index contributed by atoms with van der Waals surface area (Å²) in [5.74, 6) is 0. The van der Waals surface area contributed by atoms with Crippen molar-refractivity contribution in [1.82, 2.24) is 0 Å². The Morgan fingerprint density at radius 3 is 1.54 bits per heavy atom. The maximum absolute atomic E-state index is 6.74. The summed E-state index contributed by atoms with van der Waals surface area (Å²) in [5.41, 5.74) is 12.1. The molecule has 1 heterocycles. The van der Waals surface area contributed by atoms with Crippen LogP contribution in [0.15, 0.2) is 217 Å². The average Bonchev–Trinajstić information content (AvgIpc) is 3.67. The fourth-order valence-electron chi connectivity index (χ4n) is 8.75. The molecule has 11 rings (SSSR count). The minimum absolute atomic E-state index is 0.862. The van der Waals surface area contributed by atoms with E-state index in [0.29, 0.717) is 0 Å². The van der Waals surface area contributed by atoms with E-state index < -0.39 is 0 Å². The van der Waals surface area contributed by atoms with Gasteiger partial charge in [0.05, 0.1) is 11.1 Å². The summed E-state index contributed by atoms with van der Waals surface area (Å²) in [6.45, 7) is 0. The van der Waals surface area contributed by atoms with Crippen LogP contribution in [0.1, 0.15) is 0 Å². The highest BCUT2D eigenvalue weighted by Gasteiger charge is 2.23. The Labute approximate surface area is 325 Å². The lowest BCUT2D eigenvalue weighted by atomic mass is 9.85. The maximum atomic E-state index is 6.74. The Bertz CT molecular complexity index is 3250. The number of hydrogen-bond acceptors (Lipinski definition) is 2. The van der Waals surface area contributed by atoms with E-state index in [9.17, 15) is 0 Å². The van der Waals surface area contributed by atoms with Gasteiger partial charge in [0.1, 0.15) is 11.2 Å². The highest BCUT2D eigenvalue weighted by atomic mass is 16.3. The summed E-state index contributed by atoms with van der Waals surface area (Å²) >= 11 is 0. The maximum Gasteiger partial charge on any atom is 0.143 e. The van der Waals surface area contributed by atoms with Crippen LogP contribution in [0.3, 0.4) is 0 Å². The molecule has 0 radical (unpaired) electrons. The first-order chi connectivity index (χ1) is 27.8. The van der Waals surface area contributed by atoms with Crippen molar-refractivity contribution < 1.29 is 4.42 Å². The predicted octanol–water partition coefficient (Wildman–Crippen LogP) is 15.5. The molecule has 0 N–H and O–H groups in total. The first kappa shape index (κ1) is 32.0. The fourth-order valence-corrected chi connectivity index (χ4v) is 8.75. The van der Waals surface area contributed by atoms with Crippen LogP contribution in [0.2, 0.25) is 0 Å². The van der Waals surface area contributed by atoms with Crippen LogP contribution in [0.5, 0.6) is 0 Å². The molecule has 0 amide bonds. The number of benzene rings is 10. The van der Waals surface area contributed by atoms with Gasteiger partial charge < -0.3 is 9.32 Å². The van der Waals surface area contributed by atoms with E-state index in [1.54, 1.807) is 0 Å². The van der Waals surface area contributed by atoms with Gasteiger partial charge in [0.2, 0.25) is 0 Å². The van der Waals surface area contributed by atoms with Gasteiger partial charge in [-0.15, -0.1) is 0 Å². The lowest BCUT2D eigenvalue weighted by molar-refractivity contribution is 0.672. The molecule has 0 aliphatic heterocycles. The average molecular weight is 714 g/mol. The molecule has 0 saturated heterocycles. The van der Waals surface area contributed by atoms with Gasteiger partial charge >= 0.3 is 0 Å². The first-order valence-corrected chi connectivity index (χ1v) is 19.2. The highest BCUT2D eigenvalue weighted by Crippen LogP contribution is 2.48. The van der Waals surface area contributed by atoms with Crippen molar-refractivity contribution in [3.05, 3.63) is 212 Å². The van der Waals surface area contributed by atoms with Gasteiger partial charge in [-0.1, -0.05) is 170 Å². The summed E-state index contributed by atoms with van der Waals surface area (Å²) in [6.07, 6.45) is 0. The van der Waals surface area contributed by atoms with E-state index in [1.165, 1.54) is 43.8 Å². The van der Waals surface area contributed by atoms with Crippen molar-refractivity contribution in [2.75, 3.05) is 4.90 Å². The van der Waals surface area contributed by atoms with Crippen LogP contribution in [0, 0.1) is 0 Å². The second kappa shape index (κ2) is 13.2. The van der Waals surface area contributed by atoms with Crippen molar-refractivity contribution in [2.45, 2.75) is 0 Å². The van der Waals surface area contributed by atoms with Gasteiger partial charge in [-0.05, 0) is 103 Å². The monoisotopic (exact) mass is 713 g/mol. The number of hydrogen-bond donors (Lipinski definition) is 0. The molecule has 0 saturated carbocycles. The molecule has 0 bridgehead atoms.